The lowest BCUT2D eigenvalue weighted by molar-refractivity contribution is -0.173. The number of fused-ring (bicyclic) bond motifs is 1. The number of halogens is 1. The summed E-state index contributed by atoms with van der Waals surface area (Å²) in [6.45, 7) is 0. The Kier molecular flexibility index (Phi) is 5.91. The predicted molar refractivity (Wildman–Crippen MR) is 116 cm³/mol. The van der Waals surface area contributed by atoms with E-state index in [4.69, 9.17) is 9.47 Å². The van der Waals surface area contributed by atoms with Gasteiger partial charge in [0.05, 0.1) is 19.1 Å². The topological polar surface area (TPSA) is 72.8 Å². The molecule has 0 heterocycles. The van der Waals surface area contributed by atoms with E-state index in [1.165, 1.54) is 38.5 Å². The number of esters is 1. The highest BCUT2D eigenvalue weighted by Gasteiger charge is 2.59. The maximum absolute atomic E-state index is 13.7. The quantitative estimate of drug-likeness (QED) is 0.466. The fourth-order valence-corrected chi connectivity index (χ4v) is 4.80. The standard InChI is InChI=1S/C26H23FO5/c1-31-25(30)26(32-2,17-8-4-3-5-9-17)22-19-10-6-7-11-20(19)24(29)21(22)23(28)16-12-14-18(27)15-13-16/h3-15,21-22,24,29H,1-2H3/t21-,22-,24-,26-/m1/s1. The van der Waals surface area contributed by atoms with Crippen molar-refractivity contribution in [3.05, 3.63) is 107 Å². The van der Waals surface area contributed by atoms with Crippen molar-refractivity contribution in [2.75, 3.05) is 14.2 Å². The molecule has 0 fully saturated rings. The van der Waals surface area contributed by atoms with Crippen LogP contribution in [0.15, 0.2) is 78.9 Å². The molecule has 1 aliphatic carbocycles. The van der Waals surface area contributed by atoms with Crippen molar-refractivity contribution in [1.29, 1.82) is 0 Å². The fraction of sp³-hybridized carbons (Fsp3) is 0.231. The van der Waals surface area contributed by atoms with Gasteiger partial charge in [-0.15, -0.1) is 0 Å². The number of Topliss-reactive ketones (excluding diaryl/α,β-unsaturated/α-hetero) is 1. The number of carbonyl (C=O) groups excluding carboxylic acids is 2. The van der Waals surface area contributed by atoms with Crippen LogP contribution in [0.4, 0.5) is 4.39 Å². The molecular formula is C26H23FO5. The summed E-state index contributed by atoms with van der Waals surface area (Å²) in [5, 5.41) is 11.3. The van der Waals surface area contributed by atoms with Gasteiger partial charge < -0.3 is 14.6 Å². The molecule has 0 radical (unpaired) electrons. The molecule has 0 aliphatic heterocycles. The first-order chi connectivity index (χ1) is 15.5. The first kappa shape index (κ1) is 21.9. The van der Waals surface area contributed by atoms with Crippen LogP contribution in [0, 0.1) is 11.7 Å². The third kappa shape index (κ3) is 3.32. The van der Waals surface area contributed by atoms with Gasteiger partial charge in [0.25, 0.3) is 0 Å². The monoisotopic (exact) mass is 434 g/mol. The fourth-order valence-electron chi connectivity index (χ4n) is 4.80. The van der Waals surface area contributed by atoms with Gasteiger partial charge in [0.15, 0.2) is 11.4 Å². The third-order valence-corrected chi connectivity index (χ3v) is 6.23. The van der Waals surface area contributed by atoms with Gasteiger partial charge in [0.2, 0.25) is 0 Å². The molecule has 4 atom stereocenters. The van der Waals surface area contributed by atoms with E-state index < -0.39 is 41.1 Å². The molecule has 0 unspecified atom stereocenters. The molecule has 6 heteroatoms. The zero-order valence-corrected chi connectivity index (χ0v) is 17.7. The molecule has 4 rings (SSSR count). The minimum absolute atomic E-state index is 0.233. The molecule has 1 N–H and O–H groups in total. The van der Waals surface area contributed by atoms with Gasteiger partial charge in [-0.1, -0.05) is 54.6 Å². The van der Waals surface area contributed by atoms with E-state index >= 15 is 0 Å². The van der Waals surface area contributed by atoms with Crippen molar-refractivity contribution in [1.82, 2.24) is 0 Å². The van der Waals surface area contributed by atoms with Crippen LogP contribution in [0.2, 0.25) is 0 Å². The summed E-state index contributed by atoms with van der Waals surface area (Å²) in [6.07, 6.45) is -1.18. The summed E-state index contributed by atoms with van der Waals surface area (Å²) < 4.78 is 24.5. The Morgan fingerprint density at radius 1 is 0.875 bits per heavy atom. The van der Waals surface area contributed by atoms with Crippen LogP contribution < -0.4 is 0 Å². The highest BCUT2D eigenvalue weighted by atomic mass is 19.1. The molecule has 0 saturated heterocycles. The molecule has 0 aromatic heterocycles. The summed E-state index contributed by atoms with van der Waals surface area (Å²) in [5.41, 5.74) is 0.205. The molecule has 5 nitrogen and oxygen atoms in total. The predicted octanol–water partition coefficient (Wildman–Crippen LogP) is 4.17. The number of aliphatic hydroxyl groups excluding tert-OH is 1. The van der Waals surface area contributed by atoms with Crippen molar-refractivity contribution < 1.29 is 28.6 Å². The second-order valence-electron chi connectivity index (χ2n) is 7.75. The Morgan fingerprint density at radius 2 is 1.47 bits per heavy atom. The van der Waals surface area contributed by atoms with Crippen molar-refractivity contribution in [3.8, 4) is 0 Å². The van der Waals surface area contributed by atoms with Gasteiger partial charge in [-0.05, 0) is 41.0 Å². The van der Waals surface area contributed by atoms with Crippen LogP contribution in [-0.4, -0.2) is 31.1 Å². The van der Waals surface area contributed by atoms with E-state index in [1.54, 1.807) is 54.6 Å². The molecule has 0 amide bonds. The Hall–Kier alpha value is -3.35. The number of methoxy groups -OCH3 is 2. The van der Waals surface area contributed by atoms with Gasteiger partial charge in [-0.25, -0.2) is 9.18 Å². The molecule has 0 saturated carbocycles. The summed E-state index contributed by atoms with van der Waals surface area (Å²) in [5.74, 6) is -3.52. The normalized spacial score (nSPS) is 21.4. The first-order valence-electron chi connectivity index (χ1n) is 10.2. The number of aliphatic hydroxyl groups is 1. The van der Waals surface area contributed by atoms with E-state index in [1.807, 2.05) is 0 Å². The minimum atomic E-state index is -1.69. The molecule has 32 heavy (non-hydrogen) atoms. The Morgan fingerprint density at radius 3 is 2.06 bits per heavy atom. The van der Waals surface area contributed by atoms with Gasteiger partial charge >= 0.3 is 5.97 Å². The van der Waals surface area contributed by atoms with Crippen LogP contribution in [0.3, 0.4) is 0 Å². The molecule has 0 spiro atoms. The SMILES string of the molecule is COC(=O)[C@@](OC)(c1ccccc1)[C@@H]1c2ccccc2[C@@H](O)[C@H]1C(=O)c1ccc(F)cc1. The Labute approximate surface area is 185 Å². The van der Waals surface area contributed by atoms with E-state index in [0.29, 0.717) is 16.7 Å². The first-order valence-corrected chi connectivity index (χ1v) is 10.2. The largest absolute Gasteiger partial charge is 0.467 e. The molecule has 0 bridgehead atoms. The van der Waals surface area contributed by atoms with Crippen LogP contribution >= 0.6 is 0 Å². The van der Waals surface area contributed by atoms with E-state index in [-0.39, 0.29) is 5.56 Å². The highest BCUT2D eigenvalue weighted by molar-refractivity contribution is 6.00. The van der Waals surface area contributed by atoms with E-state index in [2.05, 4.69) is 0 Å². The van der Waals surface area contributed by atoms with Crippen molar-refractivity contribution in [3.63, 3.8) is 0 Å². The lowest BCUT2D eigenvalue weighted by atomic mass is 9.71. The summed E-state index contributed by atoms with van der Waals surface area (Å²) in [4.78, 5) is 27.0. The molecule has 164 valence electrons. The average molecular weight is 434 g/mol. The summed E-state index contributed by atoms with van der Waals surface area (Å²) >= 11 is 0. The maximum atomic E-state index is 13.7. The van der Waals surface area contributed by atoms with Crippen LogP contribution in [0.5, 0.6) is 0 Å². The minimum Gasteiger partial charge on any atom is -0.467 e. The maximum Gasteiger partial charge on any atom is 0.343 e. The Bertz CT molecular complexity index is 1130. The smallest absolute Gasteiger partial charge is 0.343 e. The average Bonchev–Trinajstić information content (AvgIpc) is 3.13. The number of hydrogen-bond acceptors (Lipinski definition) is 5. The number of hydrogen-bond donors (Lipinski definition) is 1. The van der Waals surface area contributed by atoms with Gasteiger partial charge in [0, 0.05) is 18.6 Å². The van der Waals surface area contributed by atoms with Gasteiger partial charge in [-0.3, -0.25) is 4.79 Å². The number of benzene rings is 3. The lowest BCUT2D eigenvalue weighted by Crippen LogP contribution is -2.47. The number of carbonyl (C=O) groups is 2. The molecule has 3 aromatic rings. The van der Waals surface area contributed by atoms with Crippen LogP contribution in [0.25, 0.3) is 0 Å². The van der Waals surface area contributed by atoms with Crippen molar-refractivity contribution >= 4 is 11.8 Å². The molecule has 3 aromatic carbocycles. The van der Waals surface area contributed by atoms with Crippen molar-refractivity contribution in [2.45, 2.75) is 17.6 Å². The third-order valence-electron chi connectivity index (χ3n) is 6.23. The van der Waals surface area contributed by atoms with Crippen LogP contribution in [0.1, 0.15) is 39.1 Å². The molecule has 1 aliphatic rings. The highest BCUT2D eigenvalue weighted by Crippen LogP contribution is 2.56. The summed E-state index contributed by atoms with van der Waals surface area (Å²) in [6, 6.07) is 21.0. The Balaban J connectivity index is 1.97. The zero-order chi connectivity index (χ0) is 22.9. The lowest BCUT2D eigenvalue weighted by Gasteiger charge is -2.39. The van der Waals surface area contributed by atoms with E-state index in [9.17, 15) is 19.1 Å². The summed E-state index contributed by atoms with van der Waals surface area (Å²) in [7, 11) is 2.64. The molecular weight excluding hydrogens is 411 g/mol. The van der Waals surface area contributed by atoms with Gasteiger partial charge in [0.1, 0.15) is 5.82 Å². The van der Waals surface area contributed by atoms with Crippen molar-refractivity contribution in [2.24, 2.45) is 5.92 Å². The van der Waals surface area contributed by atoms with Crippen LogP contribution in [-0.2, 0) is 19.9 Å². The number of rotatable bonds is 6. The number of ketones is 1. The number of ether oxygens (including phenoxy) is 2. The second kappa shape index (κ2) is 8.65. The van der Waals surface area contributed by atoms with Gasteiger partial charge in [-0.2, -0.15) is 0 Å². The zero-order valence-electron chi connectivity index (χ0n) is 17.7. The second-order valence-corrected chi connectivity index (χ2v) is 7.75. The van der Waals surface area contributed by atoms with E-state index in [0.717, 1.165) is 0 Å².